The lowest BCUT2D eigenvalue weighted by atomic mass is 9.85. The van der Waals surface area contributed by atoms with Crippen LogP contribution in [0.3, 0.4) is 0 Å². The van der Waals surface area contributed by atoms with Crippen molar-refractivity contribution in [2.24, 2.45) is 0 Å². The molecule has 0 heterocycles. The van der Waals surface area contributed by atoms with Crippen molar-refractivity contribution in [3.63, 3.8) is 0 Å². The fourth-order valence-corrected chi connectivity index (χ4v) is 2.51. The average molecular weight is 263 g/mol. The maximum atomic E-state index is 6.04. The van der Waals surface area contributed by atoms with Gasteiger partial charge in [0.15, 0.2) is 0 Å². The van der Waals surface area contributed by atoms with Crippen LogP contribution in [0.4, 0.5) is 0 Å². The van der Waals surface area contributed by atoms with Crippen LogP contribution in [0.1, 0.15) is 32.3 Å². The van der Waals surface area contributed by atoms with E-state index in [1.165, 1.54) is 5.56 Å². The number of hydrogen-bond acceptors (Lipinski definition) is 3. The fraction of sp³-hybridized carbons (Fsp3) is 0.625. The van der Waals surface area contributed by atoms with E-state index in [9.17, 15) is 0 Å². The van der Waals surface area contributed by atoms with Gasteiger partial charge in [0.25, 0.3) is 0 Å². The summed E-state index contributed by atoms with van der Waals surface area (Å²) < 4.78 is 11.9. The summed E-state index contributed by atoms with van der Waals surface area (Å²) >= 11 is 0. The average Bonchev–Trinajstić information content (AvgIpc) is 2.39. The minimum absolute atomic E-state index is 0.177. The minimum atomic E-state index is 0.177. The highest BCUT2D eigenvalue weighted by Gasteiger charge is 2.43. The van der Waals surface area contributed by atoms with Gasteiger partial charge in [0.1, 0.15) is 18.0 Å². The SMILES string of the molecule is CCCNC1CC(Oc2cccc(C)c2)C1OCC. The molecular formula is C16H25NO2. The summed E-state index contributed by atoms with van der Waals surface area (Å²) in [7, 11) is 0. The number of nitrogens with one attached hydrogen (secondary N) is 1. The van der Waals surface area contributed by atoms with Crippen LogP contribution in [0.2, 0.25) is 0 Å². The molecule has 1 aliphatic carbocycles. The van der Waals surface area contributed by atoms with Gasteiger partial charge in [0.2, 0.25) is 0 Å². The quantitative estimate of drug-likeness (QED) is 0.820. The molecule has 0 spiro atoms. The molecule has 1 aliphatic rings. The van der Waals surface area contributed by atoms with Crippen molar-refractivity contribution in [2.75, 3.05) is 13.2 Å². The van der Waals surface area contributed by atoms with Crippen molar-refractivity contribution in [2.45, 2.75) is 51.9 Å². The van der Waals surface area contributed by atoms with Gasteiger partial charge in [-0.05, 0) is 44.5 Å². The van der Waals surface area contributed by atoms with Crippen LogP contribution in [0.25, 0.3) is 0 Å². The van der Waals surface area contributed by atoms with Gasteiger partial charge in [-0.15, -0.1) is 0 Å². The number of rotatable bonds is 7. The lowest BCUT2D eigenvalue weighted by Gasteiger charge is -2.44. The zero-order valence-corrected chi connectivity index (χ0v) is 12.2. The van der Waals surface area contributed by atoms with E-state index in [1.807, 2.05) is 19.1 Å². The summed E-state index contributed by atoms with van der Waals surface area (Å²) in [5.74, 6) is 0.948. The van der Waals surface area contributed by atoms with Crippen LogP contribution < -0.4 is 10.1 Å². The van der Waals surface area contributed by atoms with E-state index >= 15 is 0 Å². The molecule has 3 heteroatoms. The van der Waals surface area contributed by atoms with Gasteiger partial charge < -0.3 is 14.8 Å². The maximum Gasteiger partial charge on any atom is 0.128 e. The van der Waals surface area contributed by atoms with Crippen LogP contribution in [0.15, 0.2) is 24.3 Å². The van der Waals surface area contributed by atoms with Crippen molar-refractivity contribution in [3.8, 4) is 5.75 Å². The van der Waals surface area contributed by atoms with Crippen LogP contribution in [0.5, 0.6) is 5.75 Å². The van der Waals surface area contributed by atoms with Crippen LogP contribution in [-0.4, -0.2) is 31.4 Å². The van der Waals surface area contributed by atoms with E-state index in [2.05, 4.69) is 31.3 Å². The second-order valence-corrected chi connectivity index (χ2v) is 5.19. The third kappa shape index (κ3) is 3.71. The standard InChI is InChI=1S/C16H25NO2/c1-4-9-17-14-11-15(16(14)18-5-2)19-13-8-6-7-12(3)10-13/h6-8,10,14-17H,4-5,9,11H2,1-3H3. The van der Waals surface area contributed by atoms with Crippen LogP contribution >= 0.6 is 0 Å². The first kappa shape index (κ1) is 14.4. The maximum absolute atomic E-state index is 6.04. The van der Waals surface area contributed by atoms with Crippen molar-refractivity contribution in [3.05, 3.63) is 29.8 Å². The highest BCUT2D eigenvalue weighted by Crippen LogP contribution is 2.29. The van der Waals surface area contributed by atoms with Gasteiger partial charge in [-0.1, -0.05) is 19.1 Å². The smallest absolute Gasteiger partial charge is 0.128 e. The highest BCUT2D eigenvalue weighted by atomic mass is 16.5. The van der Waals surface area contributed by atoms with E-state index in [1.54, 1.807) is 0 Å². The van der Waals surface area contributed by atoms with Crippen molar-refractivity contribution in [1.29, 1.82) is 0 Å². The van der Waals surface area contributed by atoms with Crippen LogP contribution in [0, 0.1) is 6.92 Å². The molecule has 1 saturated carbocycles. The molecule has 19 heavy (non-hydrogen) atoms. The Morgan fingerprint density at radius 3 is 2.84 bits per heavy atom. The Morgan fingerprint density at radius 2 is 2.16 bits per heavy atom. The number of aryl methyl sites for hydroxylation is 1. The Bertz CT molecular complexity index is 394. The third-order valence-corrected chi connectivity index (χ3v) is 3.54. The molecule has 1 N–H and O–H groups in total. The number of benzene rings is 1. The van der Waals surface area contributed by atoms with Crippen molar-refractivity contribution in [1.82, 2.24) is 5.32 Å². The molecule has 1 aromatic rings. The van der Waals surface area contributed by atoms with Gasteiger partial charge >= 0.3 is 0 Å². The Labute approximate surface area is 116 Å². The zero-order chi connectivity index (χ0) is 13.7. The Kier molecular flexibility index (Phi) is 5.23. The van der Waals surface area contributed by atoms with Gasteiger partial charge in [-0.3, -0.25) is 0 Å². The molecule has 3 atom stereocenters. The molecular weight excluding hydrogens is 238 g/mol. The van der Waals surface area contributed by atoms with E-state index in [0.717, 1.165) is 31.7 Å². The summed E-state index contributed by atoms with van der Waals surface area (Å²) in [6.45, 7) is 8.09. The largest absolute Gasteiger partial charge is 0.488 e. The monoisotopic (exact) mass is 263 g/mol. The van der Waals surface area contributed by atoms with Crippen molar-refractivity contribution >= 4 is 0 Å². The summed E-state index contributed by atoms with van der Waals surface area (Å²) in [6, 6.07) is 8.65. The molecule has 0 saturated heterocycles. The first-order chi connectivity index (χ1) is 9.24. The first-order valence-electron chi connectivity index (χ1n) is 7.33. The molecule has 3 nitrogen and oxygen atoms in total. The molecule has 1 aromatic carbocycles. The normalized spacial score (nSPS) is 25.9. The molecule has 0 radical (unpaired) electrons. The Hall–Kier alpha value is -1.06. The predicted octanol–water partition coefficient (Wildman–Crippen LogP) is 2.92. The minimum Gasteiger partial charge on any atom is -0.488 e. The van der Waals surface area contributed by atoms with Gasteiger partial charge in [0, 0.05) is 19.1 Å². The first-order valence-corrected chi connectivity index (χ1v) is 7.33. The molecule has 0 aliphatic heterocycles. The molecule has 3 unspecified atom stereocenters. The van der Waals surface area contributed by atoms with Gasteiger partial charge in [-0.2, -0.15) is 0 Å². The Balaban J connectivity index is 1.90. The third-order valence-electron chi connectivity index (χ3n) is 3.54. The highest BCUT2D eigenvalue weighted by molar-refractivity contribution is 5.28. The molecule has 106 valence electrons. The summed E-state index contributed by atoms with van der Waals surface area (Å²) in [5, 5.41) is 3.53. The second kappa shape index (κ2) is 6.92. The second-order valence-electron chi connectivity index (χ2n) is 5.19. The summed E-state index contributed by atoms with van der Waals surface area (Å²) in [6.07, 6.45) is 2.53. The van der Waals surface area contributed by atoms with Gasteiger partial charge in [-0.25, -0.2) is 0 Å². The molecule has 0 aromatic heterocycles. The lowest BCUT2D eigenvalue weighted by molar-refractivity contribution is -0.104. The van der Waals surface area contributed by atoms with E-state index in [0.29, 0.717) is 6.04 Å². The topological polar surface area (TPSA) is 30.5 Å². The molecule has 0 bridgehead atoms. The fourth-order valence-electron chi connectivity index (χ4n) is 2.51. The molecule has 0 amide bonds. The molecule has 1 fully saturated rings. The van der Waals surface area contributed by atoms with E-state index < -0.39 is 0 Å². The summed E-state index contributed by atoms with van der Waals surface area (Å²) in [5.41, 5.74) is 1.23. The summed E-state index contributed by atoms with van der Waals surface area (Å²) in [4.78, 5) is 0. The van der Waals surface area contributed by atoms with E-state index in [4.69, 9.17) is 9.47 Å². The van der Waals surface area contributed by atoms with E-state index in [-0.39, 0.29) is 12.2 Å². The predicted molar refractivity (Wildman–Crippen MR) is 77.7 cm³/mol. The lowest BCUT2D eigenvalue weighted by Crippen LogP contribution is -2.61. The number of hydrogen-bond donors (Lipinski definition) is 1. The molecule has 2 rings (SSSR count). The van der Waals surface area contributed by atoms with Gasteiger partial charge in [0.05, 0.1) is 0 Å². The van der Waals surface area contributed by atoms with Crippen LogP contribution in [-0.2, 0) is 4.74 Å². The van der Waals surface area contributed by atoms with Crippen molar-refractivity contribution < 1.29 is 9.47 Å². The number of ether oxygens (including phenoxy) is 2. The zero-order valence-electron chi connectivity index (χ0n) is 12.2. The Morgan fingerprint density at radius 1 is 1.32 bits per heavy atom.